The van der Waals surface area contributed by atoms with Crippen LogP contribution in [0.15, 0.2) is 0 Å². The van der Waals surface area contributed by atoms with Gasteiger partial charge in [-0.15, -0.1) is 0 Å². The molecule has 0 unspecified atom stereocenters. The van der Waals surface area contributed by atoms with Gasteiger partial charge in [0.25, 0.3) is 0 Å². The van der Waals surface area contributed by atoms with E-state index in [1.807, 2.05) is 25.7 Å². The van der Waals surface area contributed by atoms with Crippen molar-refractivity contribution in [1.82, 2.24) is 15.1 Å². The second-order valence-electron chi connectivity index (χ2n) is 8.98. The molecule has 1 N–H and O–H groups in total. The van der Waals surface area contributed by atoms with Crippen LogP contribution in [-0.4, -0.2) is 66.8 Å². The lowest BCUT2D eigenvalue weighted by molar-refractivity contribution is -0.00860. The fourth-order valence-corrected chi connectivity index (χ4v) is 4.53. The Hall–Kier alpha value is -0.810. The molecule has 0 bridgehead atoms. The smallest absolute Gasteiger partial charge is 0.410 e. The highest BCUT2D eigenvalue weighted by molar-refractivity contribution is 5.68. The molecule has 0 aromatic rings. The Bertz CT molecular complexity index is 422. The molecule has 0 saturated carbocycles. The summed E-state index contributed by atoms with van der Waals surface area (Å²) in [5, 5.41) is 3.47. The molecule has 0 aromatic heterocycles. The molecule has 0 aromatic carbocycles. The molecule has 138 valence electrons. The first-order chi connectivity index (χ1) is 11.4. The van der Waals surface area contributed by atoms with Crippen LogP contribution in [0.25, 0.3) is 0 Å². The third kappa shape index (κ3) is 4.42. The van der Waals surface area contributed by atoms with Crippen molar-refractivity contribution in [2.45, 2.75) is 70.9 Å². The maximum absolute atomic E-state index is 12.2. The summed E-state index contributed by atoms with van der Waals surface area (Å²) >= 11 is 0. The van der Waals surface area contributed by atoms with Crippen LogP contribution >= 0.6 is 0 Å². The molecule has 0 radical (unpaired) electrons. The molecule has 3 heterocycles. The molecular weight excluding hydrogens is 302 g/mol. The number of likely N-dealkylation sites (tertiary alicyclic amines) is 2. The molecule has 1 spiro atoms. The maximum Gasteiger partial charge on any atom is 0.410 e. The van der Waals surface area contributed by atoms with Gasteiger partial charge in [0.1, 0.15) is 5.60 Å². The van der Waals surface area contributed by atoms with Crippen molar-refractivity contribution < 1.29 is 9.53 Å². The van der Waals surface area contributed by atoms with E-state index in [1.165, 1.54) is 51.9 Å². The SMILES string of the molecule is CC(C)(C)OC(=O)N1CCC2(CC1)CCN(C1CCNCC1)CC2. The quantitative estimate of drug-likeness (QED) is 0.799. The number of piperidine rings is 3. The highest BCUT2D eigenvalue weighted by Gasteiger charge is 2.40. The Labute approximate surface area is 147 Å². The zero-order valence-corrected chi connectivity index (χ0v) is 15.8. The number of nitrogens with zero attached hydrogens (tertiary/aromatic N) is 2. The van der Waals surface area contributed by atoms with Crippen molar-refractivity contribution >= 4 is 6.09 Å². The van der Waals surface area contributed by atoms with Crippen molar-refractivity contribution in [3.63, 3.8) is 0 Å². The van der Waals surface area contributed by atoms with Gasteiger partial charge < -0.3 is 19.9 Å². The Balaban J connectivity index is 1.46. The molecule has 3 rings (SSSR count). The molecular formula is C19H35N3O2. The monoisotopic (exact) mass is 337 g/mol. The van der Waals surface area contributed by atoms with Crippen LogP contribution in [0.5, 0.6) is 0 Å². The molecule has 3 aliphatic heterocycles. The molecule has 3 fully saturated rings. The van der Waals surface area contributed by atoms with Crippen molar-refractivity contribution in [3.05, 3.63) is 0 Å². The van der Waals surface area contributed by atoms with Gasteiger partial charge in [0, 0.05) is 19.1 Å². The summed E-state index contributed by atoms with van der Waals surface area (Å²) in [6.45, 7) is 12.4. The summed E-state index contributed by atoms with van der Waals surface area (Å²) in [5.41, 5.74) is 0.0777. The van der Waals surface area contributed by atoms with Crippen molar-refractivity contribution in [2.75, 3.05) is 39.3 Å². The Morgan fingerprint density at radius 1 is 1.00 bits per heavy atom. The van der Waals surface area contributed by atoms with Gasteiger partial charge in [-0.2, -0.15) is 0 Å². The van der Waals surface area contributed by atoms with Crippen LogP contribution in [0.3, 0.4) is 0 Å². The van der Waals surface area contributed by atoms with Crippen molar-refractivity contribution in [1.29, 1.82) is 0 Å². The van der Waals surface area contributed by atoms with Gasteiger partial charge in [-0.05, 0) is 90.9 Å². The minimum absolute atomic E-state index is 0.135. The molecule has 0 aliphatic carbocycles. The van der Waals surface area contributed by atoms with Crippen LogP contribution in [0.2, 0.25) is 0 Å². The average molecular weight is 338 g/mol. The normalized spacial score (nSPS) is 26.5. The minimum Gasteiger partial charge on any atom is -0.444 e. The summed E-state index contributed by atoms with van der Waals surface area (Å²) < 4.78 is 5.52. The summed E-state index contributed by atoms with van der Waals surface area (Å²) in [6, 6.07) is 0.797. The number of hydrogen-bond acceptors (Lipinski definition) is 4. The predicted octanol–water partition coefficient (Wildman–Crippen LogP) is 2.85. The van der Waals surface area contributed by atoms with E-state index in [-0.39, 0.29) is 6.09 Å². The number of amides is 1. The lowest BCUT2D eigenvalue weighted by Crippen LogP contribution is -2.52. The van der Waals surface area contributed by atoms with Crippen LogP contribution < -0.4 is 5.32 Å². The first kappa shape index (κ1) is 18.0. The second kappa shape index (κ2) is 7.20. The van der Waals surface area contributed by atoms with E-state index in [4.69, 9.17) is 4.74 Å². The van der Waals surface area contributed by atoms with Gasteiger partial charge >= 0.3 is 6.09 Å². The van der Waals surface area contributed by atoms with Crippen LogP contribution in [0.4, 0.5) is 4.79 Å². The zero-order chi connectivity index (χ0) is 17.2. The number of rotatable bonds is 1. The Morgan fingerprint density at radius 2 is 1.54 bits per heavy atom. The molecule has 1 amide bonds. The zero-order valence-electron chi connectivity index (χ0n) is 15.8. The maximum atomic E-state index is 12.2. The third-order valence-electron chi connectivity index (χ3n) is 6.16. The van der Waals surface area contributed by atoms with E-state index in [9.17, 15) is 4.79 Å². The fourth-order valence-electron chi connectivity index (χ4n) is 4.53. The molecule has 24 heavy (non-hydrogen) atoms. The summed E-state index contributed by atoms with van der Waals surface area (Å²) in [7, 11) is 0. The lowest BCUT2D eigenvalue weighted by Gasteiger charge is -2.48. The molecule has 5 nitrogen and oxygen atoms in total. The summed E-state index contributed by atoms with van der Waals surface area (Å²) in [6.07, 6.45) is 7.37. The first-order valence-electron chi connectivity index (χ1n) is 9.80. The van der Waals surface area contributed by atoms with Gasteiger partial charge in [0.05, 0.1) is 0 Å². The summed E-state index contributed by atoms with van der Waals surface area (Å²) in [5.74, 6) is 0. The van der Waals surface area contributed by atoms with Gasteiger partial charge in [-0.25, -0.2) is 4.79 Å². The molecule has 3 saturated heterocycles. The van der Waals surface area contributed by atoms with E-state index in [0.717, 1.165) is 32.0 Å². The number of hydrogen-bond donors (Lipinski definition) is 1. The highest BCUT2D eigenvalue weighted by atomic mass is 16.6. The fraction of sp³-hybridized carbons (Fsp3) is 0.947. The van der Waals surface area contributed by atoms with Gasteiger partial charge in [-0.3, -0.25) is 0 Å². The van der Waals surface area contributed by atoms with E-state index in [2.05, 4.69) is 10.2 Å². The van der Waals surface area contributed by atoms with E-state index < -0.39 is 5.60 Å². The second-order valence-corrected chi connectivity index (χ2v) is 8.98. The largest absolute Gasteiger partial charge is 0.444 e. The minimum atomic E-state index is -0.396. The predicted molar refractivity (Wildman–Crippen MR) is 96.2 cm³/mol. The highest BCUT2D eigenvalue weighted by Crippen LogP contribution is 2.42. The average Bonchev–Trinajstić information content (AvgIpc) is 2.55. The van der Waals surface area contributed by atoms with Crippen LogP contribution in [-0.2, 0) is 4.74 Å². The number of nitrogens with one attached hydrogen (secondary N) is 1. The summed E-state index contributed by atoms with van der Waals surface area (Å²) in [4.78, 5) is 16.9. The van der Waals surface area contributed by atoms with Gasteiger partial charge in [0.15, 0.2) is 0 Å². The van der Waals surface area contributed by atoms with E-state index >= 15 is 0 Å². The van der Waals surface area contributed by atoms with Crippen LogP contribution in [0.1, 0.15) is 59.3 Å². The third-order valence-corrected chi connectivity index (χ3v) is 6.16. The molecule has 5 heteroatoms. The number of ether oxygens (including phenoxy) is 1. The molecule has 3 aliphatic rings. The van der Waals surface area contributed by atoms with Gasteiger partial charge in [0.2, 0.25) is 0 Å². The standard InChI is InChI=1S/C19H35N3O2/c1-18(2,3)24-17(23)22-14-8-19(9-15-22)6-12-21(13-7-19)16-4-10-20-11-5-16/h16,20H,4-15H2,1-3H3. The number of carbonyl (C=O) groups excluding carboxylic acids is 1. The van der Waals surface area contributed by atoms with Crippen molar-refractivity contribution in [2.24, 2.45) is 5.41 Å². The Morgan fingerprint density at radius 3 is 2.08 bits per heavy atom. The lowest BCUT2D eigenvalue weighted by atomic mass is 9.71. The number of carbonyl (C=O) groups is 1. The topological polar surface area (TPSA) is 44.8 Å². The van der Waals surface area contributed by atoms with Crippen molar-refractivity contribution in [3.8, 4) is 0 Å². The first-order valence-corrected chi connectivity index (χ1v) is 9.80. The molecule has 0 atom stereocenters. The Kier molecular flexibility index (Phi) is 5.40. The van der Waals surface area contributed by atoms with Gasteiger partial charge in [-0.1, -0.05) is 0 Å². The van der Waals surface area contributed by atoms with E-state index in [1.54, 1.807) is 0 Å². The van der Waals surface area contributed by atoms with Crippen LogP contribution in [0, 0.1) is 5.41 Å². The van der Waals surface area contributed by atoms with E-state index in [0.29, 0.717) is 5.41 Å².